The van der Waals surface area contributed by atoms with Gasteiger partial charge in [0, 0.05) is 58.4 Å². The van der Waals surface area contributed by atoms with Crippen LogP contribution < -0.4 is 5.32 Å². The van der Waals surface area contributed by atoms with Gasteiger partial charge in [-0.1, -0.05) is 13.8 Å². The lowest BCUT2D eigenvalue weighted by Crippen LogP contribution is -2.51. The van der Waals surface area contributed by atoms with Gasteiger partial charge in [0.2, 0.25) is 0 Å². The van der Waals surface area contributed by atoms with Crippen molar-refractivity contribution in [2.45, 2.75) is 32.7 Å². The first kappa shape index (κ1) is 16.6. The summed E-state index contributed by atoms with van der Waals surface area (Å²) in [4.78, 5) is 2.45. The van der Waals surface area contributed by atoms with Gasteiger partial charge in [-0.25, -0.2) is 0 Å². The number of piperidine rings is 1. The second kappa shape index (κ2) is 6.73. The van der Waals surface area contributed by atoms with Crippen LogP contribution in [0.4, 0.5) is 0 Å². The maximum absolute atomic E-state index is 12.9. The first-order valence-electron chi connectivity index (χ1n) is 8.67. The second-order valence-electron chi connectivity index (χ2n) is 7.36. The van der Waals surface area contributed by atoms with Crippen LogP contribution in [0.15, 0.2) is 0 Å². The monoisotopic (exact) mass is 330 g/mol. The molecule has 0 bridgehead atoms. The molecule has 0 aromatic rings. The second-order valence-corrected chi connectivity index (χ2v) is 9.29. The Morgan fingerprint density at radius 2 is 1.55 bits per heavy atom. The van der Waals surface area contributed by atoms with Gasteiger partial charge in [-0.15, -0.1) is 0 Å². The summed E-state index contributed by atoms with van der Waals surface area (Å²) < 4.78 is 29.3. The number of nitrogens with one attached hydrogen (secondary N) is 1. The maximum atomic E-state index is 12.9. The van der Waals surface area contributed by atoms with Crippen LogP contribution in [0.1, 0.15) is 26.7 Å². The number of hydrogen-bond acceptors (Lipinski definition) is 4. The molecule has 0 amide bonds. The number of piperazine rings is 1. The highest BCUT2D eigenvalue weighted by atomic mass is 32.2. The molecule has 3 aliphatic heterocycles. The Kier molecular flexibility index (Phi) is 5.09. The van der Waals surface area contributed by atoms with E-state index in [9.17, 15) is 8.42 Å². The summed E-state index contributed by atoms with van der Waals surface area (Å²) in [5.74, 6) is 0.926. The van der Waals surface area contributed by atoms with Crippen LogP contribution in [0.5, 0.6) is 0 Å². The Labute approximate surface area is 135 Å². The molecule has 0 spiro atoms. The van der Waals surface area contributed by atoms with E-state index in [-0.39, 0.29) is 0 Å². The minimum absolute atomic E-state index is 0.400. The Hall–Kier alpha value is -0.210. The highest BCUT2D eigenvalue weighted by molar-refractivity contribution is 7.86. The average Bonchev–Trinajstić information content (AvgIpc) is 2.98. The largest absolute Gasteiger partial charge is 0.314 e. The van der Waals surface area contributed by atoms with Gasteiger partial charge in [0.25, 0.3) is 10.2 Å². The predicted octanol–water partition coefficient (Wildman–Crippen LogP) is 0.189. The summed E-state index contributed by atoms with van der Waals surface area (Å²) >= 11 is 0. The van der Waals surface area contributed by atoms with Crippen molar-refractivity contribution in [3.05, 3.63) is 0 Å². The molecule has 3 aliphatic rings. The van der Waals surface area contributed by atoms with Crippen LogP contribution in [0.3, 0.4) is 0 Å². The molecule has 0 saturated carbocycles. The van der Waals surface area contributed by atoms with E-state index in [1.54, 1.807) is 8.61 Å². The van der Waals surface area contributed by atoms with Crippen LogP contribution in [0, 0.1) is 11.8 Å². The van der Waals surface area contributed by atoms with E-state index in [2.05, 4.69) is 24.1 Å². The Balaban J connectivity index is 1.63. The number of rotatable bonds is 3. The first-order chi connectivity index (χ1) is 10.5. The van der Waals surface area contributed by atoms with Crippen molar-refractivity contribution >= 4 is 10.2 Å². The van der Waals surface area contributed by atoms with E-state index in [4.69, 9.17) is 0 Å². The van der Waals surface area contributed by atoms with Crippen molar-refractivity contribution in [3.63, 3.8) is 0 Å². The fraction of sp³-hybridized carbons (Fsp3) is 1.00. The summed E-state index contributed by atoms with van der Waals surface area (Å²) in [6.07, 6.45) is 2.10. The van der Waals surface area contributed by atoms with Gasteiger partial charge in [-0.2, -0.15) is 17.0 Å². The molecule has 22 heavy (non-hydrogen) atoms. The first-order valence-corrected chi connectivity index (χ1v) is 10.1. The van der Waals surface area contributed by atoms with Crippen LogP contribution in [-0.4, -0.2) is 80.3 Å². The highest BCUT2D eigenvalue weighted by Gasteiger charge is 2.39. The van der Waals surface area contributed by atoms with Gasteiger partial charge in [0.05, 0.1) is 0 Å². The molecule has 3 heterocycles. The lowest BCUT2D eigenvalue weighted by molar-refractivity contribution is 0.176. The summed E-state index contributed by atoms with van der Waals surface area (Å²) in [5, 5.41) is 3.36. The van der Waals surface area contributed by atoms with Crippen LogP contribution >= 0.6 is 0 Å². The molecule has 3 atom stereocenters. The van der Waals surface area contributed by atoms with E-state index < -0.39 is 10.2 Å². The van der Waals surface area contributed by atoms with Crippen molar-refractivity contribution < 1.29 is 8.42 Å². The van der Waals surface area contributed by atoms with E-state index in [0.29, 0.717) is 44.1 Å². The fourth-order valence-electron chi connectivity index (χ4n) is 4.22. The summed E-state index contributed by atoms with van der Waals surface area (Å²) in [5.41, 5.74) is 0. The lowest BCUT2D eigenvalue weighted by atomic mass is 9.94. The molecular formula is C15H30N4O2S. The molecule has 0 aromatic carbocycles. The molecule has 7 heteroatoms. The topological polar surface area (TPSA) is 55.9 Å². The smallest absolute Gasteiger partial charge is 0.282 e. The average molecular weight is 330 g/mol. The lowest BCUT2D eigenvalue weighted by Gasteiger charge is -2.37. The van der Waals surface area contributed by atoms with Gasteiger partial charge in [0.15, 0.2) is 0 Å². The van der Waals surface area contributed by atoms with Gasteiger partial charge in [-0.3, -0.25) is 4.90 Å². The molecular weight excluding hydrogens is 300 g/mol. The number of nitrogens with zero attached hydrogens (tertiary/aromatic N) is 3. The summed E-state index contributed by atoms with van der Waals surface area (Å²) in [6, 6.07) is 0.400. The van der Waals surface area contributed by atoms with E-state index in [0.717, 1.165) is 39.0 Å². The zero-order valence-electron chi connectivity index (χ0n) is 13.9. The number of hydrogen-bond donors (Lipinski definition) is 1. The minimum Gasteiger partial charge on any atom is -0.314 e. The Bertz CT molecular complexity index is 468. The van der Waals surface area contributed by atoms with Crippen molar-refractivity contribution in [3.8, 4) is 0 Å². The highest BCUT2D eigenvalue weighted by Crippen LogP contribution is 2.27. The molecule has 0 aliphatic carbocycles. The zero-order chi connectivity index (χ0) is 15.7. The zero-order valence-corrected chi connectivity index (χ0v) is 14.7. The normalized spacial score (nSPS) is 36.7. The summed E-state index contributed by atoms with van der Waals surface area (Å²) in [6.45, 7) is 11.1. The quantitative estimate of drug-likeness (QED) is 0.803. The van der Waals surface area contributed by atoms with Crippen LogP contribution in [0.2, 0.25) is 0 Å². The molecule has 3 unspecified atom stereocenters. The van der Waals surface area contributed by atoms with E-state index >= 15 is 0 Å². The third-order valence-corrected chi connectivity index (χ3v) is 7.22. The molecule has 0 radical (unpaired) electrons. The van der Waals surface area contributed by atoms with E-state index in [1.165, 1.54) is 0 Å². The summed E-state index contributed by atoms with van der Waals surface area (Å²) in [7, 11) is -3.27. The third-order valence-electron chi connectivity index (χ3n) is 5.28. The Morgan fingerprint density at radius 3 is 2.18 bits per heavy atom. The van der Waals surface area contributed by atoms with Crippen molar-refractivity contribution in [2.75, 3.05) is 52.4 Å². The standard InChI is InChI=1S/C15H30N4O2S/c1-13-9-14(2)11-19(10-13)22(20,21)18-6-3-15(12-18)17-7-4-16-5-8-17/h13-16H,3-12H2,1-2H3. The molecule has 0 aromatic heterocycles. The molecule has 1 N–H and O–H groups in total. The van der Waals surface area contributed by atoms with Crippen molar-refractivity contribution in [1.29, 1.82) is 0 Å². The van der Waals surface area contributed by atoms with E-state index in [1.807, 2.05) is 0 Å². The predicted molar refractivity (Wildman–Crippen MR) is 87.9 cm³/mol. The van der Waals surface area contributed by atoms with Crippen LogP contribution in [0.25, 0.3) is 0 Å². The van der Waals surface area contributed by atoms with Gasteiger partial charge in [-0.05, 0) is 24.7 Å². The molecule has 128 valence electrons. The van der Waals surface area contributed by atoms with Gasteiger partial charge in [0.1, 0.15) is 0 Å². The molecule has 6 nitrogen and oxygen atoms in total. The Morgan fingerprint density at radius 1 is 0.909 bits per heavy atom. The van der Waals surface area contributed by atoms with Crippen LogP contribution in [-0.2, 0) is 10.2 Å². The third kappa shape index (κ3) is 3.48. The SMILES string of the molecule is CC1CC(C)CN(S(=O)(=O)N2CCC(N3CCNCC3)C2)C1. The minimum atomic E-state index is -3.27. The fourth-order valence-corrected chi connectivity index (χ4v) is 6.13. The molecule has 3 rings (SSSR count). The van der Waals surface area contributed by atoms with Crippen molar-refractivity contribution in [2.24, 2.45) is 11.8 Å². The molecule has 3 fully saturated rings. The van der Waals surface area contributed by atoms with Crippen molar-refractivity contribution in [1.82, 2.24) is 18.8 Å². The molecule has 3 saturated heterocycles. The van der Waals surface area contributed by atoms with Gasteiger partial charge < -0.3 is 5.32 Å². The maximum Gasteiger partial charge on any atom is 0.282 e. The van der Waals surface area contributed by atoms with Gasteiger partial charge >= 0.3 is 0 Å².